The molecule has 2 aromatic rings. The SMILES string of the molecule is COc1ccccc1CC(=O)NC1CCN(C(=O)c2ccccc2F)CC1. The molecule has 0 atom stereocenters. The van der Waals surface area contributed by atoms with E-state index in [1.807, 2.05) is 24.3 Å². The highest BCUT2D eigenvalue weighted by molar-refractivity contribution is 5.94. The number of para-hydroxylation sites is 1. The number of carbonyl (C=O) groups excluding carboxylic acids is 2. The van der Waals surface area contributed by atoms with E-state index >= 15 is 0 Å². The maximum Gasteiger partial charge on any atom is 0.256 e. The Morgan fingerprint density at radius 1 is 1.11 bits per heavy atom. The van der Waals surface area contributed by atoms with Gasteiger partial charge in [-0.25, -0.2) is 4.39 Å². The molecule has 1 fully saturated rings. The van der Waals surface area contributed by atoms with E-state index < -0.39 is 5.82 Å². The first-order valence-electron chi connectivity index (χ1n) is 9.03. The minimum Gasteiger partial charge on any atom is -0.496 e. The van der Waals surface area contributed by atoms with E-state index in [4.69, 9.17) is 4.74 Å². The van der Waals surface area contributed by atoms with Gasteiger partial charge in [-0.2, -0.15) is 0 Å². The summed E-state index contributed by atoms with van der Waals surface area (Å²) < 4.78 is 19.1. The summed E-state index contributed by atoms with van der Waals surface area (Å²) in [5, 5.41) is 3.02. The zero-order valence-electron chi connectivity index (χ0n) is 15.3. The van der Waals surface area contributed by atoms with Gasteiger partial charge in [0.1, 0.15) is 11.6 Å². The van der Waals surface area contributed by atoms with Crippen molar-refractivity contribution in [2.24, 2.45) is 0 Å². The average Bonchev–Trinajstić information content (AvgIpc) is 2.69. The number of likely N-dealkylation sites (tertiary alicyclic amines) is 1. The van der Waals surface area contributed by atoms with Gasteiger partial charge in [-0.3, -0.25) is 9.59 Å². The van der Waals surface area contributed by atoms with Crippen LogP contribution in [0.4, 0.5) is 4.39 Å². The van der Waals surface area contributed by atoms with Crippen molar-refractivity contribution in [3.8, 4) is 5.75 Å². The second kappa shape index (κ2) is 8.66. The van der Waals surface area contributed by atoms with Crippen LogP contribution in [0.5, 0.6) is 5.75 Å². The molecule has 142 valence electrons. The first-order valence-corrected chi connectivity index (χ1v) is 9.03. The van der Waals surface area contributed by atoms with Crippen molar-refractivity contribution in [2.45, 2.75) is 25.3 Å². The molecule has 1 N–H and O–H groups in total. The number of nitrogens with zero attached hydrogens (tertiary/aromatic N) is 1. The van der Waals surface area contributed by atoms with Gasteiger partial charge in [-0.05, 0) is 31.0 Å². The van der Waals surface area contributed by atoms with Crippen LogP contribution >= 0.6 is 0 Å². The fourth-order valence-corrected chi connectivity index (χ4v) is 3.33. The predicted molar refractivity (Wildman–Crippen MR) is 100 cm³/mol. The number of rotatable bonds is 5. The van der Waals surface area contributed by atoms with Crippen molar-refractivity contribution in [2.75, 3.05) is 20.2 Å². The van der Waals surface area contributed by atoms with E-state index in [1.165, 1.54) is 12.1 Å². The van der Waals surface area contributed by atoms with Gasteiger partial charge in [0.25, 0.3) is 5.91 Å². The Balaban J connectivity index is 1.51. The number of hydrogen-bond donors (Lipinski definition) is 1. The van der Waals surface area contributed by atoms with Gasteiger partial charge >= 0.3 is 0 Å². The van der Waals surface area contributed by atoms with Crippen LogP contribution in [-0.2, 0) is 11.2 Å². The molecule has 0 saturated carbocycles. The molecule has 0 aromatic heterocycles. The van der Waals surface area contributed by atoms with E-state index in [0.29, 0.717) is 31.7 Å². The highest BCUT2D eigenvalue weighted by Gasteiger charge is 2.26. The third-order valence-corrected chi connectivity index (χ3v) is 4.80. The smallest absolute Gasteiger partial charge is 0.256 e. The van der Waals surface area contributed by atoms with Crippen molar-refractivity contribution in [1.82, 2.24) is 10.2 Å². The molecular formula is C21H23FN2O3. The van der Waals surface area contributed by atoms with Gasteiger partial charge < -0.3 is 15.0 Å². The highest BCUT2D eigenvalue weighted by Crippen LogP contribution is 2.19. The molecule has 6 heteroatoms. The van der Waals surface area contributed by atoms with E-state index in [9.17, 15) is 14.0 Å². The summed E-state index contributed by atoms with van der Waals surface area (Å²) >= 11 is 0. The molecule has 5 nitrogen and oxygen atoms in total. The maximum atomic E-state index is 13.8. The molecule has 1 heterocycles. The van der Waals surface area contributed by atoms with Crippen molar-refractivity contribution in [3.05, 3.63) is 65.5 Å². The van der Waals surface area contributed by atoms with Crippen LogP contribution in [0.2, 0.25) is 0 Å². The predicted octanol–water partition coefficient (Wildman–Crippen LogP) is 2.80. The summed E-state index contributed by atoms with van der Waals surface area (Å²) in [6.45, 7) is 0.986. The van der Waals surface area contributed by atoms with Crippen molar-refractivity contribution in [1.29, 1.82) is 0 Å². The quantitative estimate of drug-likeness (QED) is 0.881. The number of hydrogen-bond acceptors (Lipinski definition) is 3. The molecule has 1 aliphatic heterocycles. The maximum absolute atomic E-state index is 13.8. The number of piperidine rings is 1. The van der Waals surface area contributed by atoms with Crippen LogP contribution in [0.15, 0.2) is 48.5 Å². The number of halogens is 1. The van der Waals surface area contributed by atoms with Gasteiger partial charge in [0, 0.05) is 24.7 Å². The van der Waals surface area contributed by atoms with Crippen LogP contribution in [0.25, 0.3) is 0 Å². The van der Waals surface area contributed by atoms with Gasteiger partial charge in [0.15, 0.2) is 0 Å². The van der Waals surface area contributed by atoms with Gasteiger partial charge in [0.2, 0.25) is 5.91 Å². The molecule has 0 radical (unpaired) electrons. The molecule has 0 bridgehead atoms. The summed E-state index contributed by atoms with van der Waals surface area (Å²) in [7, 11) is 1.58. The number of amides is 2. The summed E-state index contributed by atoms with van der Waals surface area (Å²) in [6, 6.07) is 13.5. The van der Waals surface area contributed by atoms with Gasteiger partial charge in [0.05, 0.1) is 19.1 Å². The van der Waals surface area contributed by atoms with Crippen LogP contribution in [-0.4, -0.2) is 43.0 Å². The zero-order chi connectivity index (χ0) is 19.2. The van der Waals surface area contributed by atoms with Crippen LogP contribution < -0.4 is 10.1 Å². The summed E-state index contributed by atoms with van der Waals surface area (Å²) in [5.41, 5.74) is 0.931. The second-order valence-corrected chi connectivity index (χ2v) is 6.60. The minimum absolute atomic E-state index is 0.0110. The molecule has 0 unspecified atom stereocenters. The summed E-state index contributed by atoms with van der Waals surface area (Å²) in [5.74, 6) is -0.182. The molecule has 2 aromatic carbocycles. The molecular weight excluding hydrogens is 347 g/mol. The van der Waals surface area contributed by atoms with E-state index in [0.717, 1.165) is 5.56 Å². The summed E-state index contributed by atoms with van der Waals surface area (Å²) in [4.78, 5) is 26.4. The van der Waals surface area contributed by atoms with Crippen LogP contribution in [0.3, 0.4) is 0 Å². The number of ether oxygens (including phenoxy) is 1. The Morgan fingerprint density at radius 3 is 2.48 bits per heavy atom. The Kier molecular flexibility index (Phi) is 6.06. The average molecular weight is 370 g/mol. The molecule has 1 aliphatic rings. The lowest BCUT2D eigenvalue weighted by atomic mass is 10.0. The highest BCUT2D eigenvalue weighted by atomic mass is 19.1. The van der Waals surface area contributed by atoms with Gasteiger partial charge in [-0.15, -0.1) is 0 Å². The van der Waals surface area contributed by atoms with Crippen molar-refractivity contribution >= 4 is 11.8 Å². The van der Waals surface area contributed by atoms with Crippen molar-refractivity contribution < 1.29 is 18.7 Å². The third kappa shape index (κ3) is 4.64. The molecule has 27 heavy (non-hydrogen) atoms. The molecule has 0 aliphatic carbocycles. The fraction of sp³-hybridized carbons (Fsp3) is 0.333. The Hall–Kier alpha value is -2.89. The summed E-state index contributed by atoms with van der Waals surface area (Å²) in [6.07, 6.45) is 1.55. The largest absolute Gasteiger partial charge is 0.496 e. The molecule has 1 saturated heterocycles. The molecule has 0 spiro atoms. The standard InChI is InChI=1S/C21H23FN2O3/c1-27-19-9-5-2-6-15(19)14-20(25)23-16-10-12-24(13-11-16)21(26)17-7-3-4-8-18(17)22/h2-9,16H,10-14H2,1H3,(H,23,25). The Morgan fingerprint density at radius 2 is 1.78 bits per heavy atom. The van der Waals surface area contributed by atoms with Crippen LogP contribution in [0.1, 0.15) is 28.8 Å². The van der Waals surface area contributed by atoms with E-state index in [-0.39, 0.29) is 29.8 Å². The second-order valence-electron chi connectivity index (χ2n) is 6.60. The number of nitrogens with one attached hydrogen (secondary N) is 1. The topological polar surface area (TPSA) is 58.6 Å². The molecule has 2 amide bonds. The third-order valence-electron chi connectivity index (χ3n) is 4.80. The monoisotopic (exact) mass is 370 g/mol. The normalized spacial score (nSPS) is 14.7. The first-order chi connectivity index (χ1) is 13.1. The zero-order valence-corrected chi connectivity index (χ0v) is 15.3. The molecule has 3 rings (SSSR count). The number of carbonyl (C=O) groups is 2. The first kappa shape index (κ1) is 18.9. The number of methoxy groups -OCH3 is 1. The Labute approximate surface area is 158 Å². The Bertz CT molecular complexity index is 817. The lowest BCUT2D eigenvalue weighted by Gasteiger charge is -2.32. The van der Waals surface area contributed by atoms with E-state index in [1.54, 1.807) is 24.1 Å². The van der Waals surface area contributed by atoms with Crippen molar-refractivity contribution in [3.63, 3.8) is 0 Å². The fourth-order valence-electron chi connectivity index (χ4n) is 3.33. The lowest BCUT2D eigenvalue weighted by Crippen LogP contribution is -2.47. The number of benzene rings is 2. The minimum atomic E-state index is -0.505. The van der Waals surface area contributed by atoms with Crippen LogP contribution in [0, 0.1) is 5.82 Å². The lowest BCUT2D eigenvalue weighted by molar-refractivity contribution is -0.121. The van der Waals surface area contributed by atoms with E-state index in [2.05, 4.69) is 5.32 Å². The van der Waals surface area contributed by atoms with Gasteiger partial charge in [-0.1, -0.05) is 30.3 Å².